The van der Waals surface area contributed by atoms with Crippen LogP contribution in [0.15, 0.2) is 4.99 Å². The minimum absolute atomic E-state index is 0.770. The van der Waals surface area contributed by atoms with Gasteiger partial charge in [0.05, 0.1) is 6.54 Å². The molecule has 116 valence electrons. The van der Waals surface area contributed by atoms with E-state index in [0.717, 1.165) is 43.9 Å². The van der Waals surface area contributed by atoms with Crippen molar-refractivity contribution in [1.29, 1.82) is 0 Å². The summed E-state index contributed by atoms with van der Waals surface area (Å²) in [5, 5.41) is 4.24. The lowest BCUT2D eigenvalue weighted by molar-refractivity contribution is 0.346. The molecule has 0 radical (unpaired) electrons. The van der Waals surface area contributed by atoms with E-state index in [1.165, 1.54) is 38.1 Å². The third-order valence-corrected chi connectivity index (χ3v) is 5.48. The molecule has 0 aromatic heterocycles. The van der Waals surface area contributed by atoms with Crippen LogP contribution in [-0.2, 0) is 0 Å². The summed E-state index contributed by atoms with van der Waals surface area (Å²) >= 11 is 2.11. The van der Waals surface area contributed by atoms with Gasteiger partial charge in [-0.05, 0) is 39.3 Å². The molecule has 1 unspecified atom stereocenters. The van der Waals surface area contributed by atoms with Gasteiger partial charge in [-0.3, -0.25) is 4.99 Å². The molecule has 0 aromatic carbocycles. The third kappa shape index (κ3) is 4.85. The Bertz CT molecular complexity index is 302. The van der Waals surface area contributed by atoms with Crippen LogP contribution in [-0.4, -0.2) is 72.6 Å². The zero-order valence-electron chi connectivity index (χ0n) is 13.1. The van der Waals surface area contributed by atoms with Gasteiger partial charge in [0.1, 0.15) is 0 Å². The molecule has 2 aliphatic rings. The van der Waals surface area contributed by atoms with Gasteiger partial charge in [-0.1, -0.05) is 6.92 Å². The highest BCUT2D eigenvalue weighted by atomic mass is 32.2. The number of guanidine groups is 1. The smallest absolute Gasteiger partial charge is 0.194 e. The highest BCUT2D eigenvalue weighted by Crippen LogP contribution is 2.21. The first-order valence-corrected chi connectivity index (χ1v) is 9.25. The number of rotatable bonds is 5. The average Bonchev–Trinajstić information content (AvgIpc) is 3.00. The van der Waals surface area contributed by atoms with Gasteiger partial charge in [-0.15, -0.1) is 0 Å². The van der Waals surface area contributed by atoms with Crippen LogP contribution in [0.1, 0.15) is 33.1 Å². The Morgan fingerprint density at radius 2 is 2.05 bits per heavy atom. The van der Waals surface area contributed by atoms with Gasteiger partial charge in [-0.2, -0.15) is 11.8 Å². The summed E-state index contributed by atoms with van der Waals surface area (Å²) in [7, 11) is 0. The predicted molar refractivity (Wildman–Crippen MR) is 89.8 cm³/mol. The Balaban J connectivity index is 1.84. The van der Waals surface area contributed by atoms with Crippen LogP contribution >= 0.6 is 11.8 Å². The summed E-state index contributed by atoms with van der Waals surface area (Å²) in [5.74, 6) is 2.36. The van der Waals surface area contributed by atoms with E-state index < -0.39 is 0 Å². The highest BCUT2D eigenvalue weighted by Gasteiger charge is 2.21. The van der Waals surface area contributed by atoms with E-state index >= 15 is 0 Å². The van der Waals surface area contributed by atoms with Crippen LogP contribution in [0, 0.1) is 0 Å². The Hall–Kier alpha value is -0.420. The second-order valence-corrected chi connectivity index (χ2v) is 7.04. The van der Waals surface area contributed by atoms with E-state index in [4.69, 9.17) is 4.99 Å². The second-order valence-electron chi connectivity index (χ2n) is 5.63. The van der Waals surface area contributed by atoms with Crippen LogP contribution in [0.5, 0.6) is 0 Å². The lowest BCUT2D eigenvalue weighted by Crippen LogP contribution is -2.48. The molecule has 5 heteroatoms. The zero-order chi connectivity index (χ0) is 14.2. The molecular weight excluding hydrogens is 268 g/mol. The van der Waals surface area contributed by atoms with E-state index in [0.29, 0.717) is 0 Å². The van der Waals surface area contributed by atoms with Crippen LogP contribution in [0.25, 0.3) is 0 Å². The van der Waals surface area contributed by atoms with Gasteiger partial charge in [0.2, 0.25) is 0 Å². The maximum absolute atomic E-state index is 4.85. The third-order valence-electron chi connectivity index (χ3n) is 4.11. The largest absolute Gasteiger partial charge is 0.357 e. The van der Waals surface area contributed by atoms with Crippen molar-refractivity contribution in [2.75, 3.05) is 51.6 Å². The molecule has 2 aliphatic heterocycles. The van der Waals surface area contributed by atoms with Gasteiger partial charge < -0.3 is 15.1 Å². The van der Waals surface area contributed by atoms with Crippen LogP contribution in [0.4, 0.5) is 0 Å². The van der Waals surface area contributed by atoms with Gasteiger partial charge in [-0.25, -0.2) is 0 Å². The van der Waals surface area contributed by atoms with Crippen molar-refractivity contribution < 1.29 is 0 Å². The molecular formula is C15H30N4S. The van der Waals surface area contributed by atoms with Crippen LogP contribution in [0.3, 0.4) is 0 Å². The quantitative estimate of drug-likeness (QED) is 0.620. The molecule has 0 saturated carbocycles. The molecule has 4 nitrogen and oxygen atoms in total. The first-order chi connectivity index (χ1) is 9.83. The van der Waals surface area contributed by atoms with Crippen molar-refractivity contribution in [3.8, 4) is 0 Å². The Labute approximate surface area is 128 Å². The monoisotopic (exact) mass is 298 g/mol. The molecule has 2 saturated heterocycles. The number of thioether (sulfide) groups is 1. The summed E-state index contributed by atoms with van der Waals surface area (Å²) in [6, 6.07) is 0. The number of nitrogens with one attached hydrogen (secondary N) is 1. The Morgan fingerprint density at radius 3 is 2.75 bits per heavy atom. The maximum atomic E-state index is 4.85. The molecule has 0 aliphatic carbocycles. The molecule has 0 spiro atoms. The van der Waals surface area contributed by atoms with Crippen LogP contribution < -0.4 is 5.32 Å². The zero-order valence-corrected chi connectivity index (χ0v) is 13.9. The van der Waals surface area contributed by atoms with Crippen LogP contribution in [0.2, 0.25) is 0 Å². The Kier molecular flexibility index (Phi) is 7.00. The molecule has 0 aromatic rings. The molecule has 2 heterocycles. The van der Waals surface area contributed by atoms with E-state index in [9.17, 15) is 0 Å². The summed E-state index contributed by atoms with van der Waals surface area (Å²) in [4.78, 5) is 9.84. The fourth-order valence-electron chi connectivity index (χ4n) is 2.89. The minimum Gasteiger partial charge on any atom is -0.357 e. The van der Waals surface area contributed by atoms with Gasteiger partial charge in [0.25, 0.3) is 0 Å². The number of aliphatic imine (C=N–C) groups is 1. The fourth-order valence-corrected chi connectivity index (χ4v) is 4.07. The summed E-state index contributed by atoms with van der Waals surface area (Å²) in [5.41, 5.74) is 0. The van der Waals surface area contributed by atoms with E-state index in [1.807, 2.05) is 0 Å². The van der Waals surface area contributed by atoms with E-state index in [2.05, 4.69) is 40.7 Å². The second kappa shape index (κ2) is 8.78. The van der Waals surface area contributed by atoms with Gasteiger partial charge >= 0.3 is 0 Å². The van der Waals surface area contributed by atoms with Crippen molar-refractivity contribution in [2.24, 2.45) is 4.99 Å². The molecule has 0 amide bonds. The molecule has 2 rings (SSSR count). The van der Waals surface area contributed by atoms with Crippen molar-refractivity contribution in [2.45, 2.75) is 38.4 Å². The number of hydrogen-bond donors (Lipinski definition) is 1. The van der Waals surface area contributed by atoms with Crippen molar-refractivity contribution >= 4 is 17.7 Å². The fraction of sp³-hybridized carbons (Fsp3) is 0.933. The lowest BCUT2D eigenvalue weighted by Gasteiger charge is -2.34. The summed E-state index contributed by atoms with van der Waals surface area (Å²) in [6.07, 6.45) is 3.99. The van der Waals surface area contributed by atoms with Crippen molar-refractivity contribution in [3.05, 3.63) is 0 Å². The summed E-state index contributed by atoms with van der Waals surface area (Å²) < 4.78 is 0. The first-order valence-electron chi connectivity index (χ1n) is 8.20. The molecule has 1 atom stereocenters. The predicted octanol–water partition coefficient (Wildman–Crippen LogP) is 1.88. The van der Waals surface area contributed by atoms with Crippen molar-refractivity contribution in [1.82, 2.24) is 15.1 Å². The summed E-state index contributed by atoms with van der Waals surface area (Å²) in [6.45, 7) is 12.3. The van der Waals surface area contributed by atoms with Gasteiger partial charge in [0.15, 0.2) is 5.96 Å². The van der Waals surface area contributed by atoms with Crippen molar-refractivity contribution in [3.63, 3.8) is 0 Å². The standard InChI is InChI=1S/C15H30N4S/c1-3-14-13-19(11-12-20-14)15(16-4-2)17-7-10-18-8-5-6-9-18/h14H,3-13H2,1-2H3,(H,16,17). The topological polar surface area (TPSA) is 30.9 Å². The Morgan fingerprint density at radius 1 is 1.25 bits per heavy atom. The first kappa shape index (κ1) is 16.0. The molecule has 20 heavy (non-hydrogen) atoms. The minimum atomic E-state index is 0.770. The normalized spacial score (nSPS) is 25.2. The van der Waals surface area contributed by atoms with E-state index in [-0.39, 0.29) is 0 Å². The highest BCUT2D eigenvalue weighted by molar-refractivity contribution is 8.00. The lowest BCUT2D eigenvalue weighted by atomic mass is 10.3. The molecule has 1 N–H and O–H groups in total. The number of nitrogens with zero attached hydrogens (tertiary/aromatic N) is 3. The number of hydrogen-bond acceptors (Lipinski definition) is 3. The number of likely N-dealkylation sites (tertiary alicyclic amines) is 1. The maximum Gasteiger partial charge on any atom is 0.194 e. The molecule has 0 bridgehead atoms. The molecule has 2 fully saturated rings. The average molecular weight is 299 g/mol. The van der Waals surface area contributed by atoms with E-state index in [1.54, 1.807) is 0 Å². The van der Waals surface area contributed by atoms with Gasteiger partial charge in [0, 0.05) is 37.2 Å². The SMILES string of the molecule is CCNC(=NCCN1CCCC1)N1CCSC(CC)C1.